The number of amides is 1. The number of nitrogens with zero attached hydrogens (tertiary/aromatic N) is 2. The zero-order chi connectivity index (χ0) is 18.3. The van der Waals surface area contributed by atoms with Crippen molar-refractivity contribution in [2.75, 3.05) is 26.2 Å². The fraction of sp³-hybridized carbons (Fsp3) is 0.500. The van der Waals surface area contributed by atoms with Gasteiger partial charge in [0.2, 0.25) is 5.91 Å². The van der Waals surface area contributed by atoms with Crippen molar-refractivity contribution in [2.24, 2.45) is 23.7 Å². The quantitative estimate of drug-likeness (QED) is 0.822. The van der Waals surface area contributed by atoms with E-state index in [4.69, 9.17) is 11.6 Å². The Bertz CT molecular complexity index is 742. The number of halogens is 1. The molecule has 2 bridgehead atoms. The summed E-state index contributed by atoms with van der Waals surface area (Å²) in [5.74, 6) is -1.63. The monoisotopic (exact) mass is 374 g/mol. The number of benzene rings is 1. The lowest BCUT2D eigenvalue weighted by molar-refractivity contribution is -0.151. The van der Waals surface area contributed by atoms with E-state index in [1.54, 1.807) is 0 Å². The largest absolute Gasteiger partial charge is 0.481 e. The Hall–Kier alpha value is -1.85. The fourth-order valence-corrected chi connectivity index (χ4v) is 4.94. The Morgan fingerprint density at radius 2 is 1.77 bits per heavy atom. The van der Waals surface area contributed by atoms with Gasteiger partial charge in [-0.15, -0.1) is 0 Å². The van der Waals surface area contributed by atoms with Gasteiger partial charge in [-0.2, -0.15) is 0 Å². The van der Waals surface area contributed by atoms with Crippen LogP contribution >= 0.6 is 11.6 Å². The van der Waals surface area contributed by atoms with Crippen LogP contribution in [0.15, 0.2) is 36.4 Å². The van der Waals surface area contributed by atoms with Crippen molar-refractivity contribution < 1.29 is 14.7 Å². The first-order chi connectivity index (χ1) is 12.5. The number of hydrogen-bond acceptors (Lipinski definition) is 3. The molecule has 4 rings (SSSR count). The van der Waals surface area contributed by atoms with Gasteiger partial charge in [0, 0.05) is 37.7 Å². The standard InChI is InChI=1S/C20H23ClN2O3/c21-16-3-1-2-13(10-16)12-22-6-8-23(9-7-22)19(24)17-14-4-5-15(11-14)18(17)20(25)26/h1-5,10,14-15,17-18H,6-9,11-12H2,(H,25,26)/t14-,15-,17+,18-/m0/s1. The lowest BCUT2D eigenvalue weighted by Crippen LogP contribution is -2.52. The predicted octanol–water partition coefficient (Wildman–Crippen LogP) is 2.51. The molecule has 5 nitrogen and oxygen atoms in total. The van der Waals surface area contributed by atoms with Gasteiger partial charge >= 0.3 is 5.97 Å². The summed E-state index contributed by atoms with van der Waals surface area (Å²) in [5.41, 5.74) is 1.17. The van der Waals surface area contributed by atoms with Crippen molar-refractivity contribution in [3.8, 4) is 0 Å². The van der Waals surface area contributed by atoms with Crippen LogP contribution in [0.5, 0.6) is 0 Å². The Balaban J connectivity index is 1.36. The summed E-state index contributed by atoms with van der Waals surface area (Å²) in [5, 5.41) is 10.3. The van der Waals surface area contributed by atoms with E-state index in [2.05, 4.69) is 11.0 Å². The third-order valence-corrected chi connectivity index (χ3v) is 6.24. The van der Waals surface area contributed by atoms with Gasteiger partial charge in [0.1, 0.15) is 0 Å². The number of rotatable bonds is 4. The summed E-state index contributed by atoms with van der Waals surface area (Å²) in [7, 11) is 0. The maximum Gasteiger partial charge on any atom is 0.307 e. The molecule has 2 fully saturated rings. The maximum atomic E-state index is 13.0. The Morgan fingerprint density at radius 3 is 2.42 bits per heavy atom. The summed E-state index contributed by atoms with van der Waals surface area (Å²) in [6, 6.07) is 7.84. The van der Waals surface area contributed by atoms with Gasteiger partial charge in [0.25, 0.3) is 0 Å². The summed E-state index contributed by atoms with van der Waals surface area (Å²) >= 11 is 6.05. The highest BCUT2D eigenvalue weighted by Crippen LogP contribution is 2.48. The van der Waals surface area contributed by atoms with Crippen molar-refractivity contribution in [3.63, 3.8) is 0 Å². The molecule has 2 aliphatic carbocycles. The molecule has 1 amide bonds. The summed E-state index contributed by atoms with van der Waals surface area (Å²) in [6.45, 7) is 3.73. The molecule has 3 aliphatic rings. The normalized spacial score (nSPS) is 30.7. The van der Waals surface area contributed by atoms with E-state index >= 15 is 0 Å². The zero-order valence-electron chi connectivity index (χ0n) is 14.6. The lowest BCUT2D eigenvalue weighted by Gasteiger charge is -2.37. The zero-order valence-corrected chi connectivity index (χ0v) is 15.3. The van der Waals surface area contributed by atoms with Gasteiger partial charge < -0.3 is 10.0 Å². The van der Waals surface area contributed by atoms with Gasteiger partial charge in [-0.05, 0) is 36.0 Å². The molecule has 1 saturated carbocycles. The molecule has 1 heterocycles. The second-order valence-corrected chi connectivity index (χ2v) is 8.01. The van der Waals surface area contributed by atoms with Crippen LogP contribution in [-0.4, -0.2) is 53.0 Å². The second-order valence-electron chi connectivity index (χ2n) is 7.57. The highest BCUT2D eigenvalue weighted by molar-refractivity contribution is 6.30. The first-order valence-electron chi connectivity index (χ1n) is 9.19. The molecule has 4 atom stereocenters. The molecule has 1 saturated heterocycles. The molecule has 0 aromatic heterocycles. The van der Waals surface area contributed by atoms with E-state index in [0.29, 0.717) is 13.1 Å². The van der Waals surface area contributed by atoms with Crippen molar-refractivity contribution in [1.82, 2.24) is 9.80 Å². The minimum atomic E-state index is -0.834. The number of fused-ring (bicyclic) bond motifs is 2. The topological polar surface area (TPSA) is 60.9 Å². The van der Waals surface area contributed by atoms with Crippen LogP contribution in [-0.2, 0) is 16.1 Å². The summed E-state index contributed by atoms with van der Waals surface area (Å²) in [4.78, 5) is 28.8. The van der Waals surface area contributed by atoms with E-state index < -0.39 is 11.9 Å². The average molecular weight is 375 g/mol. The molecule has 0 unspecified atom stereocenters. The van der Waals surface area contributed by atoms with Gasteiger partial charge in [-0.25, -0.2) is 0 Å². The highest BCUT2D eigenvalue weighted by Gasteiger charge is 2.52. The summed E-state index contributed by atoms with van der Waals surface area (Å²) < 4.78 is 0. The average Bonchev–Trinajstić information content (AvgIpc) is 3.23. The van der Waals surface area contributed by atoms with E-state index in [0.717, 1.165) is 31.1 Å². The predicted molar refractivity (Wildman–Crippen MR) is 98.7 cm³/mol. The SMILES string of the molecule is O=C(O)[C@@H]1[C@H](C(=O)N2CCN(Cc3cccc(Cl)c3)CC2)[C@H]2C=C[C@H]1C2. The molecular formula is C20H23ClN2O3. The first-order valence-corrected chi connectivity index (χ1v) is 9.57. The van der Waals surface area contributed by atoms with Crippen molar-refractivity contribution in [2.45, 2.75) is 13.0 Å². The lowest BCUT2D eigenvalue weighted by atomic mass is 9.82. The van der Waals surface area contributed by atoms with Crippen LogP contribution in [0.2, 0.25) is 5.02 Å². The van der Waals surface area contributed by atoms with Crippen molar-refractivity contribution in [1.29, 1.82) is 0 Å². The van der Waals surface area contributed by atoms with Gasteiger partial charge in [-0.1, -0.05) is 35.9 Å². The number of carboxylic acids is 1. The molecule has 26 heavy (non-hydrogen) atoms. The molecule has 0 radical (unpaired) electrons. The smallest absolute Gasteiger partial charge is 0.307 e. The minimum Gasteiger partial charge on any atom is -0.481 e. The molecule has 1 aromatic rings. The maximum absolute atomic E-state index is 13.0. The highest BCUT2D eigenvalue weighted by atomic mass is 35.5. The molecule has 138 valence electrons. The van der Waals surface area contributed by atoms with Crippen LogP contribution in [0.3, 0.4) is 0 Å². The number of piperazine rings is 1. The van der Waals surface area contributed by atoms with Crippen LogP contribution in [0, 0.1) is 23.7 Å². The number of carbonyl (C=O) groups is 2. The number of allylic oxidation sites excluding steroid dienone is 2. The van der Waals surface area contributed by atoms with Crippen LogP contribution in [0.1, 0.15) is 12.0 Å². The van der Waals surface area contributed by atoms with Crippen molar-refractivity contribution in [3.05, 3.63) is 47.0 Å². The molecule has 6 heteroatoms. The van der Waals surface area contributed by atoms with E-state index in [1.165, 1.54) is 5.56 Å². The minimum absolute atomic E-state index is 0.0237. The number of carbonyl (C=O) groups excluding carboxylic acids is 1. The molecular weight excluding hydrogens is 352 g/mol. The van der Waals surface area contributed by atoms with E-state index in [-0.39, 0.29) is 23.7 Å². The van der Waals surface area contributed by atoms with Crippen molar-refractivity contribution >= 4 is 23.5 Å². The molecule has 1 aromatic carbocycles. The van der Waals surface area contributed by atoms with Gasteiger partial charge in [-0.3, -0.25) is 14.5 Å². The number of carboxylic acid groups (broad SMARTS) is 1. The molecule has 0 spiro atoms. The molecule has 1 N–H and O–H groups in total. The van der Waals surface area contributed by atoms with Gasteiger partial charge in [0.15, 0.2) is 0 Å². The molecule has 1 aliphatic heterocycles. The first kappa shape index (κ1) is 17.6. The Kier molecular flexibility index (Phi) is 4.76. The number of aliphatic carboxylic acids is 1. The Labute approximate surface area is 158 Å². The van der Waals surface area contributed by atoms with Crippen LogP contribution < -0.4 is 0 Å². The fourth-order valence-electron chi connectivity index (χ4n) is 4.73. The Morgan fingerprint density at radius 1 is 1.08 bits per heavy atom. The van der Waals surface area contributed by atoms with Crippen LogP contribution in [0.25, 0.3) is 0 Å². The van der Waals surface area contributed by atoms with Gasteiger partial charge in [0.05, 0.1) is 11.8 Å². The third-order valence-electron chi connectivity index (χ3n) is 6.01. The van der Waals surface area contributed by atoms with Crippen LogP contribution in [0.4, 0.5) is 0 Å². The number of hydrogen-bond donors (Lipinski definition) is 1. The third kappa shape index (κ3) is 3.26. The summed E-state index contributed by atoms with van der Waals surface area (Å²) in [6.07, 6.45) is 4.83. The van der Waals surface area contributed by atoms with E-state index in [1.807, 2.05) is 35.3 Å². The van der Waals surface area contributed by atoms with E-state index in [9.17, 15) is 14.7 Å². The second kappa shape index (κ2) is 7.05.